The van der Waals surface area contributed by atoms with Gasteiger partial charge in [-0.25, -0.2) is 0 Å². The second kappa shape index (κ2) is 4.40. The first-order valence-electron chi connectivity index (χ1n) is 6.05. The number of rotatable bonds is 2. The Hall–Kier alpha value is -1.33. The van der Waals surface area contributed by atoms with Gasteiger partial charge in [-0.05, 0) is 18.9 Å². The van der Waals surface area contributed by atoms with Crippen LogP contribution in [0.2, 0.25) is 5.02 Å². The molecule has 0 radical (unpaired) electrons. The van der Waals surface area contributed by atoms with Crippen LogP contribution in [-0.2, 0) is 0 Å². The second-order valence-corrected chi connectivity index (χ2v) is 5.35. The molecule has 2 fully saturated rings. The number of piperidine rings is 1. The van der Waals surface area contributed by atoms with Crippen LogP contribution in [0, 0.1) is 5.92 Å². The number of hydrogen-bond donors (Lipinski definition) is 2. The molecule has 1 amide bonds. The van der Waals surface area contributed by atoms with Gasteiger partial charge >= 0.3 is 0 Å². The minimum atomic E-state index is -0.336. The van der Waals surface area contributed by atoms with Gasteiger partial charge in [0.05, 0.1) is 0 Å². The molecule has 5 nitrogen and oxygen atoms in total. The lowest BCUT2D eigenvalue weighted by Gasteiger charge is -2.23. The average Bonchev–Trinajstić information content (AvgIpc) is 2.94. The van der Waals surface area contributed by atoms with Gasteiger partial charge in [-0.1, -0.05) is 11.6 Å². The van der Waals surface area contributed by atoms with E-state index < -0.39 is 0 Å². The van der Waals surface area contributed by atoms with E-state index in [4.69, 9.17) is 11.6 Å². The normalized spacial score (nSPS) is 29.5. The summed E-state index contributed by atoms with van der Waals surface area (Å²) in [7, 11) is 0. The number of aromatic amines is 1. The molecule has 0 saturated carbocycles. The molecule has 3 atom stereocenters. The van der Waals surface area contributed by atoms with Crippen LogP contribution in [0.4, 0.5) is 0 Å². The number of nitrogens with zero attached hydrogens (tertiary/aromatic N) is 1. The highest BCUT2D eigenvalue weighted by atomic mass is 35.5. The third kappa shape index (κ3) is 2.04. The Morgan fingerprint density at radius 2 is 2.33 bits per heavy atom. The summed E-state index contributed by atoms with van der Waals surface area (Å²) < 4.78 is 0. The van der Waals surface area contributed by atoms with Gasteiger partial charge in [0.15, 0.2) is 0 Å². The minimum absolute atomic E-state index is 0.0950. The SMILES string of the molecule is O=C(NC1CN2CC[C@H]1C2)c1cc(=O)c(Cl)c[nH]1. The van der Waals surface area contributed by atoms with E-state index in [2.05, 4.69) is 15.2 Å². The van der Waals surface area contributed by atoms with Gasteiger partial charge in [0.2, 0.25) is 5.43 Å². The summed E-state index contributed by atoms with van der Waals surface area (Å²) in [6.07, 6.45) is 2.49. The van der Waals surface area contributed by atoms with E-state index in [1.165, 1.54) is 12.3 Å². The number of H-pyrrole nitrogens is 1. The summed E-state index contributed by atoms with van der Waals surface area (Å²) in [6.45, 7) is 3.12. The molecule has 0 aliphatic carbocycles. The number of hydrogen-bond acceptors (Lipinski definition) is 3. The van der Waals surface area contributed by atoms with Gasteiger partial charge in [0.1, 0.15) is 10.7 Å². The lowest BCUT2D eigenvalue weighted by Crippen LogP contribution is -2.43. The van der Waals surface area contributed by atoms with Crippen LogP contribution in [0.5, 0.6) is 0 Å². The Kier molecular flexibility index (Phi) is 2.87. The van der Waals surface area contributed by atoms with Crippen molar-refractivity contribution in [2.24, 2.45) is 5.92 Å². The monoisotopic (exact) mass is 267 g/mol. The zero-order valence-corrected chi connectivity index (χ0v) is 10.5. The molecule has 96 valence electrons. The summed E-state index contributed by atoms with van der Waals surface area (Å²) in [5.74, 6) is 0.315. The fourth-order valence-corrected chi connectivity index (χ4v) is 2.89. The van der Waals surface area contributed by atoms with Crippen molar-refractivity contribution in [1.29, 1.82) is 0 Å². The topological polar surface area (TPSA) is 65.2 Å². The number of carbonyl (C=O) groups is 1. The van der Waals surface area contributed by atoms with Crippen LogP contribution in [0.15, 0.2) is 17.1 Å². The van der Waals surface area contributed by atoms with Crippen molar-refractivity contribution in [1.82, 2.24) is 15.2 Å². The number of pyridine rings is 1. The average molecular weight is 268 g/mol. The molecular formula is C12H14ClN3O2. The van der Waals surface area contributed by atoms with Gasteiger partial charge in [-0.15, -0.1) is 0 Å². The van der Waals surface area contributed by atoms with E-state index >= 15 is 0 Å². The quantitative estimate of drug-likeness (QED) is 0.818. The van der Waals surface area contributed by atoms with Crippen LogP contribution in [-0.4, -0.2) is 41.5 Å². The summed E-state index contributed by atoms with van der Waals surface area (Å²) in [4.78, 5) is 28.5. The Bertz CT molecular complexity index is 542. The fraction of sp³-hybridized carbons (Fsp3) is 0.500. The summed E-state index contributed by atoms with van der Waals surface area (Å²) in [5.41, 5.74) is -0.0700. The minimum Gasteiger partial charge on any atom is -0.356 e. The first-order chi connectivity index (χ1) is 8.63. The molecule has 3 rings (SSSR count). The van der Waals surface area contributed by atoms with Crippen LogP contribution in [0.3, 0.4) is 0 Å². The Labute approximate surface area is 109 Å². The standard InChI is InChI=1S/C12H14ClN3O2/c13-8-4-14-9(3-11(8)17)12(18)15-10-6-16-2-1-7(10)5-16/h3-4,7,10H,1-2,5-6H2,(H,14,17)(H,15,18)/t7-,10?/m0/s1. The molecular weight excluding hydrogens is 254 g/mol. The summed E-state index contributed by atoms with van der Waals surface area (Å²) in [6, 6.07) is 1.44. The highest BCUT2D eigenvalue weighted by Gasteiger charge is 2.38. The highest BCUT2D eigenvalue weighted by Crippen LogP contribution is 2.27. The molecule has 6 heteroatoms. The number of halogens is 1. The smallest absolute Gasteiger partial charge is 0.268 e. The molecule has 1 aromatic rings. The maximum Gasteiger partial charge on any atom is 0.268 e. The molecule has 3 heterocycles. The van der Waals surface area contributed by atoms with Crippen LogP contribution in [0.1, 0.15) is 16.9 Å². The molecule has 2 unspecified atom stereocenters. The van der Waals surface area contributed by atoms with Gasteiger partial charge in [0.25, 0.3) is 5.91 Å². The Balaban J connectivity index is 1.71. The highest BCUT2D eigenvalue weighted by molar-refractivity contribution is 6.30. The van der Waals surface area contributed by atoms with Gasteiger partial charge in [0, 0.05) is 31.4 Å². The van der Waals surface area contributed by atoms with Gasteiger partial charge in [-0.2, -0.15) is 0 Å². The van der Waals surface area contributed by atoms with Crippen molar-refractivity contribution in [3.63, 3.8) is 0 Å². The predicted molar refractivity (Wildman–Crippen MR) is 67.9 cm³/mol. The number of fused-ring (bicyclic) bond motifs is 2. The maximum atomic E-state index is 12.0. The molecule has 2 N–H and O–H groups in total. The summed E-state index contributed by atoms with van der Waals surface area (Å²) in [5, 5.41) is 3.07. The van der Waals surface area contributed by atoms with Crippen molar-refractivity contribution in [2.75, 3.05) is 19.6 Å². The predicted octanol–water partition coefficient (Wildman–Crippen LogP) is 0.462. The Morgan fingerprint density at radius 3 is 2.94 bits per heavy atom. The van der Waals surface area contributed by atoms with Gasteiger partial charge < -0.3 is 15.2 Å². The molecule has 2 bridgehead atoms. The molecule has 2 saturated heterocycles. The van der Waals surface area contributed by atoms with E-state index in [-0.39, 0.29) is 28.1 Å². The van der Waals surface area contributed by atoms with Crippen molar-refractivity contribution < 1.29 is 4.79 Å². The third-order valence-corrected chi connectivity index (χ3v) is 4.05. The van der Waals surface area contributed by atoms with Crippen LogP contribution >= 0.6 is 11.6 Å². The lowest BCUT2D eigenvalue weighted by atomic mass is 10.00. The maximum absolute atomic E-state index is 12.0. The van der Waals surface area contributed by atoms with E-state index in [1.807, 2.05) is 0 Å². The number of aromatic nitrogens is 1. The van der Waals surface area contributed by atoms with Crippen LogP contribution < -0.4 is 10.7 Å². The van der Waals surface area contributed by atoms with E-state index in [0.717, 1.165) is 26.1 Å². The van der Waals surface area contributed by atoms with E-state index in [0.29, 0.717) is 5.92 Å². The van der Waals surface area contributed by atoms with Crippen LogP contribution in [0.25, 0.3) is 0 Å². The fourth-order valence-electron chi connectivity index (χ4n) is 2.78. The van der Waals surface area contributed by atoms with Crippen molar-refractivity contribution >= 4 is 17.5 Å². The third-order valence-electron chi connectivity index (χ3n) is 3.76. The van der Waals surface area contributed by atoms with E-state index in [1.54, 1.807) is 0 Å². The molecule has 18 heavy (non-hydrogen) atoms. The summed E-state index contributed by atoms with van der Waals surface area (Å²) >= 11 is 5.62. The molecule has 2 aliphatic heterocycles. The zero-order valence-electron chi connectivity index (χ0n) is 9.78. The second-order valence-electron chi connectivity index (χ2n) is 4.95. The van der Waals surface area contributed by atoms with Crippen molar-refractivity contribution in [2.45, 2.75) is 12.5 Å². The zero-order chi connectivity index (χ0) is 12.7. The Morgan fingerprint density at radius 1 is 1.50 bits per heavy atom. The van der Waals surface area contributed by atoms with Gasteiger partial charge in [-0.3, -0.25) is 9.59 Å². The molecule has 1 aromatic heterocycles. The lowest BCUT2D eigenvalue weighted by molar-refractivity contribution is 0.0919. The molecule has 2 aliphatic rings. The van der Waals surface area contributed by atoms with Crippen molar-refractivity contribution in [3.05, 3.63) is 33.2 Å². The first-order valence-corrected chi connectivity index (χ1v) is 6.43. The molecule has 0 aromatic carbocycles. The number of nitrogens with one attached hydrogen (secondary N) is 2. The first kappa shape index (κ1) is 11.7. The molecule has 0 spiro atoms. The van der Waals surface area contributed by atoms with E-state index in [9.17, 15) is 9.59 Å². The largest absolute Gasteiger partial charge is 0.356 e. The number of amides is 1. The number of carbonyl (C=O) groups excluding carboxylic acids is 1. The van der Waals surface area contributed by atoms with Crippen molar-refractivity contribution in [3.8, 4) is 0 Å².